The van der Waals surface area contributed by atoms with Crippen molar-refractivity contribution in [2.75, 3.05) is 25.1 Å². The van der Waals surface area contributed by atoms with E-state index in [0.717, 1.165) is 0 Å². The van der Waals surface area contributed by atoms with Gasteiger partial charge in [0.05, 0.1) is 18.8 Å². The quantitative estimate of drug-likeness (QED) is 0.0868. The third kappa shape index (κ3) is 8.06. The van der Waals surface area contributed by atoms with Gasteiger partial charge in [-0.3, -0.25) is 15.3 Å². The van der Waals surface area contributed by atoms with Crippen molar-refractivity contribution in [3.63, 3.8) is 0 Å². The molecule has 1 fully saturated rings. The summed E-state index contributed by atoms with van der Waals surface area (Å²) in [4.78, 5) is 42.5. The van der Waals surface area contributed by atoms with Crippen molar-refractivity contribution in [3.8, 4) is 11.1 Å². The number of nitrogens with two attached hydrogens (primary N) is 2. The van der Waals surface area contributed by atoms with Crippen LogP contribution in [0.15, 0.2) is 41.5 Å². The van der Waals surface area contributed by atoms with Crippen LogP contribution < -0.4 is 90.9 Å². The molecule has 0 radical (unpaired) electrons. The molecule has 0 unspecified atom stereocenters. The van der Waals surface area contributed by atoms with Gasteiger partial charge in [0.2, 0.25) is 5.96 Å². The van der Waals surface area contributed by atoms with Crippen LogP contribution in [0.2, 0.25) is 0 Å². The Morgan fingerprint density at radius 3 is 2.70 bits per heavy atom. The van der Waals surface area contributed by atoms with Gasteiger partial charge in [-0.1, -0.05) is 0 Å². The fraction of sp³-hybridized carbons (Fsp3) is 0.235. The zero-order chi connectivity index (χ0) is 22.5. The average molecular weight is 497 g/mol. The van der Waals surface area contributed by atoms with Crippen LogP contribution in [0.5, 0.6) is 0 Å². The number of pyridine rings is 1. The zero-order valence-corrected chi connectivity index (χ0v) is 23.2. The maximum Gasteiger partial charge on any atom is 1.00 e. The molecule has 5 N–H and O–H groups in total. The number of hydrogen-bond donors (Lipinski definition) is 3. The molecule has 3 rings (SSSR count). The second-order valence-electron chi connectivity index (χ2n) is 6.40. The van der Waals surface area contributed by atoms with E-state index in [4.69, 9.17) is 16.4 Å². The monoisotopic (exact) mass is 497 g/mol. The number of carbonyl (C=O) groups excluding carboxylic acids is 1. The standard InChI is InChI=1S/C17H19FN7O5P.2Na/c1-24(20)16(23-19)22-15-5-2-10(7-21-15)13-4-3-11(6-14(13)18)25-8-12(30-17(25)26)9-29-31(27)28;;/h2-7,12H,8-9,19-20H2,1H3,(H,21,22,23);;/q-2;2*+1/t12-;;/m1../s1. The average Bonchev–Trinajstić information content (AvgIpc) is 3.11. The number of amides is 1. The smallest absolute Gasteiger partial charge is 0.820 e. The van der Waals surface area contributed by atoms with E-state index in [1.54, 1.807) is 25.2 Å². The van der Waals surface area contributed by atoms with Gasteiger partial charge >= 0.3 is 65.2 Å². The van der Waals surface area contributed by atoms with Crippen LogP contribution in [0, 0.1) is 5.82 Å². The molecule has 33 heavy (non-hydrogen) atoms. The molecule has 2 aromatic rings. The summed E-state index contributed by atoms with van der Waals surface area (Å²) >= 11 is 0. The summed E-state index contributed by atoms with van der Waals surface area (Å²) in [6.07, 6.45) is -0.0655. The van der Waals surface area contributed by atoms with Crippen LogP contribution in [0.3, 0.4) is 0 Å². The molecule has 0 saturated carbocycles. The van der Waals surface area contributed by atoms with E-state index in [2.05, 4.69) is 19.9 Å². The summed E-state index contributed by atoms with van der Waals surface area (Å²) in [6, 6.07) is 7.41. The molecule has 0 aliphatic carbocycles. The number of rotatable bonds is 6. The summed E-state index contributed by atoms with van der Waals surface area (Å²) in [5.74, 6) is 10.8. The van der Waals surface area contributed by atoms with E-state index < -0.39 is 26.6 Å². The molecule has 2 heterocycles. The van der Waals surface area contributed by atoms with Crippen LogP contribution in [0.25, 0.3) is 11.1 Å². The Labute approximate surface area is 234 Å². The molecule has 0 bridgehead atoms. The van der Waals surface area contributed by atoms with E-state index in [9.17, 15) is 19.0 Å². The Balaban J connectivity index is 0.00000272. The zero-order valence-electron chi connectivity index (χ0n) is 18.3. The molecule has 12 nitrogen and oxygen atoms in total. The predicted molar refractivity (Wildman–Crippen MR) is 106 cm³/mol. The van der Waals surface area contributed by atoms with Gasteiger partial charge in [-0.15, -0.1) is 0 Å². The number of nitrogens with one attached hydrogen (secondary N) is 1. The fourth-order valence-electron chi connectivity index (χ4n) is 2.80. The number of anilines is 1. The van der Waals surface area contributed by atoms with E-state index in [-0.39, 0.29) is 89.5 Å². The largest absolute Gasteiger partial charge is 1.00 e. The molecule has 1 amide bonds. The van der Waals surface area contributed by atoms with Crippen LogP contribution in [0.1, 0.15) is 0 Å². The second-order valence-corrected chi connectivity index (χ2v) is 7.10. The Morgan fingerprint density at radius 1 is 1.42 bits per heavy atom. The van der Waals surface area contributed by atoms with Gasteiger partial charge in [0.25, 0.3) is 0 Å². The Bertz CT molecular complexity index is 971. The number of cyclic esters (lactones) is 1. The van der Waals surface area contributed by atoms with Crippen LogP contribution in [-0.2, 0) is 9.26 Å². The first-order valence-electron chi connectivity index (χ1n) is 8.83. The minimum absolute atomic E-state index is 0. The molecule has 0 spiro atoms. The fourth-order valence-corrected chi connectivity index (χ4v) is 3.09. The molecule has 1 aliphatic rings. The SMILES string of the molecule is CN(N)C(=Nc1ccc(-c2ccc(N3C[C@H](COP([O-])[O-])OC3=O)cc2F)cn1)NN.[Na+].[Na+]. The molecule has 1 aromatic carbocycles. The summed E-state index contributed by atoms with van der Waals surface area (Å²) in [6.45, 7) is -0.272. The molecular weight excluding hydrogens is 478 g/mol. The number of nitrogens with zero attached hydrogens (tertiary/aromatic N) is 4. The molecule has 1 saturated heterocycles. The molecular formula is C17H19FN7Na2O5P. The topological polar surface area (TPSA) is 177 Å². The molecule has 166 valence electrons. The first-order chi connectivity index (χ1) is 14.8. The predicted octanol–water partition coefficient (Wildman–Crippen LogP) is -6.56. The van der Waals surface area contributed by atoms with Gasteiger partial charge in [-0.25, -0.2) is 25.9 Å². The summed E-state index contributed by atoms with van der Waals surface area (Å²) in [5, 5.41) is 1.18. The van der Waals surface area contributed by atoms with Crippen molar-refractivity contribution < 1.29 is 87.3 Å². The maximum absolute atomic E-state index is 14.7. The minimum atomic E-state index is -3.05. The molecule has 1 aliphatic heterocycles. The molecule has 1 aromatic heterocycles. The number of hydrazine groups is 2. The van der Waals surface area contributed by atoms with Gasteiger partial charge < -0.3 is 19.0 Å². The van der Waals surface area contributed by atoms with Crippen LogP contribution in [0.4, 0.5) is 20.7 Å². The third-order valence-corrected chi connectivity index (χ3v) is 4.61. The van der Waals surface area contributed by atoms with Crippen molar-refractivity contribution in [3.05, 3.63) is 42.3 Å². The van der Waals surface area contributed by atoms with Gasteiger partial charge in [-0.05, 0) is 30.3 Å². The first-order valence-corrected chi connectivity index (χ1v) is 9.93. The van der Waals surface area contributed by atoms with Gasteiger partial charge in [-0.2, -0.15) is 13.6 Å². The number of aromatic nitrogens is 1. The third-order valence-electron chi connectivity index (χ3n) is 4.25. The molecule has 1 atom stereocenters. The van der Waals surface area contributed by atoms with Crippen molar-refractivity contribution in [1.29, 1.82) is 0 Å². The number of aliphatic imine (C=N–C) groups is 1. The van der Waals surface area contributed by atoms with E-state index in [1.165, 1.54) is 28.2 Å². The second kappa shape index (κ2) is 13.8. The van der Waals surface area contributed by atoms with Gasteiger partial charge in [0.15, 0.2) is 5.82 Å². The van der Waals surface area contributed by atoms with Crippen LogP contribution in [-0.4, -0.2) is 48.3 Å². The number of benzene rings is 1. The summed E-state index contributed by atoms with van der Waals surface area (Å²) in [5.41, 5.74) is 3.34. The first kappa shape index (κ1) is 30.1. The van der Waals surface area contributed by atoms with Gasteiger partial charge in [0.1, 0.15) is 11.9 Å². The Morgan fingerprint density at radius 2 is 2.15 bits per heavy atom. The van der Waals surface area contributed by atoms with Crippen molar-refractivity contribution in [1.82, 2.24) is 15.4 Å². The number of hydrogen-bond acceptors (Lipinski definition) is 9. The molecule has 16 heteroatoms. The Kier molecular flexibility index (Phi) is 12.6. The van der Waals surface area contributed by atoms with E-state index in [1.807, 2.05) is 0 Å². The van der Waals surface area contributed by atoms with Crippen LogP contribution >= 0.6 is 8.60 Å². The number of carbonyl (C=O) groups is 1. The number of ether oxygens (including phenoxy) is 1. The van der Waals surface area contributed by atoms with Crippen molar-refractivity contribution in [2.45, 2.75) is 6.10 Å². The summed E-state index contributed by atoms with van der Waals surface area (Å²) in [7, 11) is -1.51. The normalized spacial score (nSPS) is 15.6. The Hall–Kier alpha value is -0.930. The van der Waals surface area contributed by atoms with E-state index >= 15 is 0 Å². The number of halogens is 1. The van der Waals surface area contributed by atoms with Crippen molar-refractivity contribution in [2.24, 2.45) is 16.7 Å². The van der Waals surface area contributed by atoms with Gasteiger partial charge in [0, 0.05) is 24.4 Å². The van der Waals surface area contributed by atoms with Crippen molar-refractivity contribution >= 4 is 32.2 Å². The number of guanidine groups is 1. The maximum atomic E-state index is 14.7. The van der Waals surface area contributed by atoms with E-state index in [0.29, 0.717) is 11.4 Å². The minimum Gasteiger partial charge on any atom is -0.820 e. The summed E-state index contributed by atoms with van der Waals surface area (Å²) < 4.78 is 24.2.